The summed E-state index contributed by atoms with van der Waals surface area (Å²) in [6, 6.07) is 4.21. The van der Waals surface area contributed by atoms with E-state index in [2.05, 4.69) is 18.0 Å². The van der Waals surface area contributed by atoms with E-state index in [1.54, 1.807) is 0 Å². The van der Waals surface area contributed by atoms with E-state index in [-0.39, 0.29) is 12.0 Å². The molecule has 0 saturated heterocycles. The van der Waals surface area contributed by atoms with Gasteiger partial charge < -0.3 is 5.11 Å². The number of hydrogen-bond acceptors (Lipinski definition) is 2. The fourth-order valence-corrected chi connectivity index (χ4v) is 3.93. The van der Waals surface area contributed by atoms with Crippen molar-refractivity contribution in [1.29, 1.82) is 0 Å². The average Bonchev–Trinajstić information content (AvgIpc) is 2.47. The van der Waals surface area contributed by atoms with E-state index in [1.807, 2.05) is 12.3 Å². The van der Waals surface area contributed by atoms with Crippen molar-refractivity contribution < 1.29 is 5.11 Å². The van der Waals surface area contributed by atoms with Crippen LogP contribution in [0, 0.1) is 11.8 Å². The van der Waals surface area contributed by atoms with Crippen LogP contribution in [0.4, 0.5) is 0 Å². The maximum absolute atomic E-state index is 10.8. The fourth-order valence-electron chi connectivity index (χ4n) is 3.93. The van der Waals surface area contributed by atoms with Crippen molar-refractivity contribution in [2.75, 3.05) is 0 Å². The van der Waals surface area contributed by atoms with E-state index in [1.165, 1.54) is 43.4 Å². The summed E-state index contributed by atoms with van der Waals surface area (Å²) < 4.78 is 0. The van der Waals surface area contributed by atoms with Crippen molar-refractivity contribution in [2.24, 2.45) is 11.8 Å². The molecular formula is C17H25NO. The molecule has 0 radical (unpaired) electrons. The first-order valence-electron chi connectivity index (χ1n) is 7.87. The normalized spacial score (nSPS) is 32.6. The molecule has 2 aliphatic carbocycles. The maximum atomic E-state index is 10.8. The molecule has 1 aromatic rings. The lowest BCUT2D eigenvalue weighted by molar-refractivity contribution is 0.0466. The third-order valence-corrected chi connectivity index (χ3v) is 5.19. The van der Waals surface area contributed by atoms with E-state index in [4.69, 9.17) is 0 Å². The van der Waals surface area contributed by atoms with Crippen molar-refractivity contribution in [3.8, 4) is 0 Å². The Bertz CT molecular complexity index is 423. The van der Waals surface area contributed by atoms with Crippen molar-refractivity contribution >= 4 is 0 Å². The maximum Gasteiger partial charge on any atom is 0.0652 e. The van der Waals surface area contributed by atoms with Gasteiger partial charge in [0.1, 0.15) is 0 Å². The van der Waals surface area contributed by atoms with Crippen molar-refractivity contribution in [1.82, 2.24) is 4.98 Å². The Morgan fingerprint density at radius 3 is 2.79 bits per heavy atom. The lowest BCUT2D eigenvalue weighted by atomic mass is 9.73. The van der Waals surface area contributed by atoms with E-state index in [9.17, 15) is 5.11 Å². The molecule has 1 saturated carbocycles. The third-order valence-electron chi connectivity index (χ3n) is 5.19. The highest BCUT2D eigenvalue weighted by atomic mass is 16.3. The van der Waals surface area contributed by atoms with Gasteiger partial charge in [0, 0.05) is 17.8 Å². The number of hydrogen-bond donors (Lipinski definition) is 1. The zero-order chi connectivity index (χ0) is 13.2. The van der Waals surface area contributed by atoms with Gasteiger partial charge in [0.15, 0.2) is 0 Å². The molecule has 2 atom stereocenters. The topological polar surface area (TPSA) is 33.1 Å². The van der Waals surface area contributed by atoms with Crippen LogP contribution in [0.15, 0.2) is 18.3 Å². The van der Waals surface area contributed by atoms with Crippen LogP contribution in [-0.2, 0) is 6.42 Å². The number of aliphatic hydroxyl groups is 1. The van der Waals surface area contributed by atoms with E-state index in [0.29, 0.717) is 5.92 Å². The molecule has 19 heavy (non-hydrogen) atoms. The quantitative estimate of drug-likeness (QED) is 0.878. The van der Waals surface area contributed by atoms with Crippen LogP contribution < -0.4 is 0 Å². The van der Waals surface area contributed by atoms with Crippen LogP contribution in [0.3, 0.4) is 0 Å². The SMILES string of the molecule is CC1CCC(C(O)C2CCCc3cccnc32)CC1. The minimum absolute atomic E-state index is 0.179. The second-order valence-electron chi connectivity index (χ2n) is 6.56. The lowest BCUT2D eigenvalue weighted by Crippen LogP contribution is -2.33. The summed E-state index contributed by atoms with van der Waals surface area (Å²) in [5.74, 6) is 1.62. The standard InChI is InChI=1S/C17H25NO/c1-12-7-9-14(10-8-12)17(19)15-6-2-4-13-5-3-11-18-16(13)15/h3,5,11-12,14-15,17,19H,2,4,6-10H2,1H3. The molecule has 1 N–H and O–H groups in total. The highest BCUT2D eigenvalue weighted by Crippen LogP contribution is 2.39. The summed E-state index contributed by atoms with van der Waals surface area (Å²) in [5, 5.41) is 10.8. The number of pyridine rings is 1. The number of aryl methyl sites for hydroxylation is 1. The van der Waals surface area contributed by atoms with Gasteiger partial charge in [-0.05, 0) is 55.6 Å². The Morgan fingerprint density at radius 2 is 2.00 bits per heavy atom. The van der Waals surface area contributed by atoms with Gasteiger partial charge in [-0.25, -0.2) is 0 Å². The minimum Gasteiger partial charge on any atom is -0.392 e. The number of rotatable bonds is 2. The van der Waals surface area contributed by atoms with Gasteiger partial charge in [-0.1, -0.05) is 25.8 Å². The number of aliphatic hydroxyl groups excluding tert-OH is 1. The van der Waals surface area contributed by atoms with E-state index in [0.717, 1.165) is 18.8 Å². The summed E-state index contributed by atoms with van der Waals surface area (Å²) in [7, 11) is 0. The number of nitrogens with zero attached hydrogens (tertiary/aromatic N) is 1. The van der Waals surface area contributed by atoms with Gasteiger partial charge in [-0.15, -0.1) is 0 Å². The Labute approximate surface area is 116 Å². The third kappa shape index (κ3) is 2.69. The molecule has 1 fully saturated rings. The summed E-state index contributed by atoms with van der Waals surface area (Å²) in [5.41, 5.74) is 2.54. The van der Waals surface area contributed by atoms with Crippen LogP contribution in [0.2, 0.25) is 0 Å². The molecule has 2 heteroatoms. The predicted octanol–water partition coefficient (Wildman–Crippen LogP) is 3.69. The van der Waals surface area contributed by atoms with Gasteiger partial charge in [-0.2, -0.15) is 0 Å². The highest BCUT2D eigenvalue weighted by molar-refractivity contribution is 5.27. The Balaban J connectivity index is 1.75. The van der Waals surface area contributed by atoms with Crippen molar-refractivity contribution in [3.05, 3.63) is 29.6 Å². The number of fused-ring (bicyclic) bond motifs is 1. The molecule has 0 aromatic carbocycles. The van der Waals surface area contributed by atoms with Crippen LogP contribution in [0.25, 0.3) is 0 Å². The van der Waals surface area contributed by atoms with Gasteiger partial charge in [0.05, 0.1) is 6.10 Å². The van der Waals surface area contributed by atoms with Crippen LogP contribution in [-0.4, -0.2) is 16.2 Å². The molecule has 1 aromatic heterocycles. The smallest absolute Gasteiger partial charge is 0.0652 e. The molecule has 2 aliphatic rings. The second kappa shape index (κ2) is 5.62. The average molecular weight is 259 g/mol. The van der Waals surface area contributed by atoms with Gasteiger partial charge in [0.2, 0.25) is 0 Å². The highest BCUT2D eigenvalue weighted by Gasteiger charge is 2.34. The Morgan fingerprint density at radius 1 is 1.21 bits per heavy atom. The lowest BCUT2D eigenvalue weighted by Gasteiger charge is -2.36. The number of aromatic nitrogens is 1. The molecule has 104 valence electrons. The monoisotopic (exact) mass is 259 g/mol. The Hall–Kier alpha value is -0.890. The zero-order valence-corrected chi connectivity index (χ0v) is 11.9. The first-order chi connectivity index (χ1) is 9.25. The fraction of sp³-hybridized carbons (Fsp3) is 0.706. The summed E-state index contributed by atoms with van der Waals surface area (Å²) in [6.45, 7) is 2.33. The molecule has 0 aliphatic heterocycles. The van der Waals surface area contributed by atoms with Gasteiger partial charge in [-0.3, -0.25) is 4.98 Å². The van der Waals surface area contributed by atoms with Crippen LogP contribution in [0.5, 0.6) is 0 Å². The first kappa shape index (κ1) is 13.1. The molecule has 2 unspecified atom stereocenters. The molecule has 3 rings (SSSR count). The predicted molar refractivity (Wildman–Crippen MR) is 77.0 cm³/mol. The molecular weight excluding hydrogens is 234 g/mol. The molecule has 0 bridgehead atoms. The van der Waals surface area contributed by atoms with Crippen LogP contribution >= 0.6 is 0 Å². The molecule has 0 amide bonds. The second-order valence-corrected chi connectivity index (χ2v) is 6.56. The zero-order valence-electron chi connectivity index (χ0n) is 11.9. The summed E-state index contributed by atoms with van der Waals surface area (Å²) in [6.07, 6.45) is 10.1. The minimum atomic E-state index is -0.179. The van der Waals surface area contributed by atoms with Crippen molar-refractivity contribution in [3.63, 3.8) is 0 Å². The van der Waals surface area contributed by atoms with Crippen molar-refractivity contribution in [2.45, 2.75) is 63.9 Å². The Kier molecular flexibility index (Phi) is 3.88. The largest absolute Gasteiger partial charge is 0.392 e. The summed E-state index contributed by atoms with van der Waals surface area (Å²) >= 11 is 0. The van der Waals surface area contributed by atoms with Gasteiger partial charge in [0.25, 0.3) is 0 Å². The first-order valence-corrected chi connectivity index (χ1v) is 7.87. The van der Waals surface area contributed by atoms with Crippen LogP contribution in [0.1, 0.15) is 62.6 Å². The molecule has 0 spiro atoms. The van der Waals surface area contributed by atoms with E-state index >= 15 is 0 Å². The van der Waals surface area contributed by atoms with Gasteiger partial charge >= 0.3 is 0 Å². The summed E-state index contributed by atoms with van der Waals surface area (Å²) in [4.78, 5) is 4.57. The molecule has 2 nitrogen and oxygen atoms in total. The molecule has 1 heterocycles. The van der Waals surface area contributed by atoms with E-state index < -0.39 is 0 Å².